The van der Waals surface area contributed by atoms with Crippen molar-refractivity contribution in [1.82, 2.24) is 5.32 Å². The van der Waals surface area contributed by atoms with Gasteiger partial charge in [0.1, 0.15) is 6.04 Å². The van der Waals surface area contributed by atoms with Crippen LogP contribution >= 0.6 is 15.9 Å². The van der Waals surface area contributed by atoms with E-state index in [9.17, 15) is 9.59 Å². The molecule has 1 amide bonds. The second-order valence-electron chi connectivity index (χ2n) is 4.10. The van der Waals surface area contributed by atoms with Crippen molar-refractivity contribution in [3.8, 4) is 0 Å². The smallest absolute Gasteiger partial charge is 0.326 e. The number of carboxylic acid groups (broad SMARTS) is 1. The number of hydrogen-bond donors (Lipinski definition) is 3. The summed E-state index contributed by atoms with van der Waals surface area (Å²) in [6, 6.07) is 6.56. The minimum Gasteiger partial charge on any atom is -0.480 e. The van der Waals surface area contributed by atoms with E-state index in [-0.39, 0.29) is 25.4 Å². The zero-order chi connectivity index (χ0) is 14.3. The van der Waals surface area contributed by atoms with Crippen LogP contribution < -0.4 is 5.32 Å². The van der Waals surface area contributed by atoms with E-state index in [1.165, 1.54) is 0 Å². The summed E-state index contributed by atoms with van der Waals surface area (Å²) >= 11 is 3.34. The maximum atomic E-state index is 11.6. The third-order valence-electron chi connectivity index (χ3n) is 2.58. The summed E-state index contributed by atoms with van der Waals surface area (Å²) in [7, 11) is 0. The van der Waals surface area contributed by atoms with Crippen LogP contribution in [-0.2, 0) is 16.0 Å². The first-order valence-electron chi connectivity index (χ1n) is 5.90. The van der Waals surface area contributed by atoms with Crippen molar-refractivity contribution >= 4 is 27.8 Å². The Morgan fingerprint density at radius 3 is 2.68 bits per heavy atom. The number of aliphatic hydroxyl groups is 1. The Morgan fingerprint density at radius 1 is 1.37 bits per heavy atom. The number of aryl methyl sites for hydroxylation is 1. The molecule has 1 rings (SSSR count). The molecule has 0 fully saturated rings. The van der Waals surface area contributed by atoms with Gasteiger partial charge in [0.15, 0.2) is 0 Å². The molecule has 0 spiro atoms. The average Bonchev–Trinajstić information content (AvgIpc) is 2.36. The molecule has 0 aliphatic heterocycles. The highest BCUT2D eigenvalue weighted by molar-refractivity contribution is 9.10. The molecule has 6 heteroatoms. The highest BCUT2D eigenvalue weighted by Gasteiger charge is 2.18. The lowest BCUT2D eigenvalue weighted by Gasteiger charge is -2.13. The second-order valence-corrected chi connectivity index (χ2v) is 5.02. The fourth-order valence-electron chi connectivity index (χ4n) is 1.60. The lowest BCUT2D eigenvalue weighted by atomic mass is 10.1. The molecule has 19 heavy (non-hydrogen) atoms. The summed E-state index contributed by atoms with van der Waals surface area (Å²) in [4.78, 5) is 22.4. The number of nitrogens with one attached hydrogen (secondary N) is 1. The molecule has 5 nitrogen and oxygen atoms in total. The quantitative estimate of drug-likeness (QED) is 0.704. The van der Waals surface area contributed by atoms with Crippen molar-refractivity contribution in [3.05, 3.63) is 34.3 Å². The Hall–Kier alpha value is -1.40. The van der Waals surface area contributed by atoms with E-state index in [0.717, 1.165) is 10.0 Å². The fourth-order valence-corrected chi connectivity index (χ4v) is 2.05. The summed E-state index contributed by atoms with van der Waals surface area (Å²) in [6.45, 7) is -0.275. The largest absolute Gasteiger partial charge is 0.480 e. The highest BCUT2D eigenvalue weighted by Crippen LogP contribution is 2.13. The van der Waals surface area contributed by atoms with Gasteiger partial charge in [0, 0.05) is 23.9 Å². The molecule has 0 bridgehead atoms. The molecule has 0 heterocycles. The first-order valence-corrected chi connectivity index (χ1v) is 6.69. The molecule has 3 N–H and O–H groups in total. The Bertz CT molecular complexity index is 450. The normalized spacial score (nSPS) is 11.9. The van der Waals surface area contributed by atoms with Gasteiger partial charge in [-0.25, -0.2) is 4.79 Å². The third-order valence-corrected chi connectivity index (χ3v) is 3.07. The van der Waals surface area contributed by atoms with Crippen molar-refractivity contribution in [1.29, 1.82) is 0 Å². The van der Waals surface area contributed by atoms with Crippen LogP contribution in [0.15, 0.2) is 28.7 Å². The molecule has 104 valence electrons. The molecule has 0 aliphatic rings. The molecular formula is C13H16BrNO4. The number of benzene rings is 1. The number of carboxylic acids is 1. The fraction of sp³-hybridized carbons (Fsp3) is 0.385. The van der Waals surface area contributed by atoms with Crippen LogP contribution in [-0.4, -0.2) is 34.7 Å². The van der Waals surface area contributed by atoms with Gasteiger partial charge in [-0.05, 0) is 24.1 Å². The van der Waals surface area contributed by atoms with Crippen molar-refractivity contribution in [3.63, 3.8) is 0 Å². The lowest BCUT2D eigenvalue weighted by Crippen LogP contribution is -2.41. The molecular weight excluding hydrogens is 314 g/mol. The van der Waals surface area contributed by atoms with E-state index in [4.69, 9.17) is 10.2 Å². The maximum absolute atomic E-state index is 11.6. The van der Waals surface area contributed by atoms with Crippen LogP contribution in [0.3, 0.4) is 0 Å². The number of hydrogen-bond acceptors (Lipinski definition) is 3. The van der Waals surface area contributed by atoms with Crippen LogP contribution in [0.4, 0.5) is 0 Å². The van der Waals surface area contributed by atoms with E-state index in [1.807, 2.05) is 24.3 Å². The maximum Gasteiger partial charge on any atom is 0.326 e. The molecule has 0 saturated heterocycles. The summed E-state index contributed by atoms with van der Waals surface area (Å²) in [5.74, 6) is -1.47. The van der Waals surface area contributed by atoms with E-state index in [1.54, 1.807) is 0 Å². The molecule has 1 atom stereocenters. The number of aliphatic hydroxyl groups excluding tert-OH is 1. The third kappa shape index (κ3) is 5.85. The van der Waals surface area contributed by atoms with Gasteiger partial charge in [-0.3, -0.25) is 4.79 Å². The topological polar surface area (TPSA) is 86.6 Å². The van der Waals surface area contributed by atoms with Crippen LogP contribution in [0, 0.1) is 0 Å². The Labute approximate surface area is 119 Å². The SMILES string of the molecule is O=C(CCc1cccc(Br)c1)NC(CCO)C(=O)O. The Balaban J connectivity index is 2.44. The van der Waals surface area contributed by atoms with Gasteiger partial charge >= 0.3 is 5.97 Å². The summed E-state index contributed by atoms with van der Waals surface area (Å²) in [6.07, 6.45) is 0.764. The van der Waals surface area contributed by atoms with Gasteiger partial charge in [-0.2, -0.15) is 0 Å². The summed E-state index contributed by atoms with van der Waals surface area (Å²) in [5, 5.41) is 20.0. The van der Waals surface area contributed by atoms with Gasteiger partial charge in [-0.1, -0.05) is 28.1 Å². The number of rotatable bonds is 7. The molecule has 1 aromatic rings. The second kappa shape index (κ2) is 7.91. The zero-order valence-electron chi connectivity index (χ0n) is 10.3. The molecule has 0 radical (unpaired) electrons. The molecule has 1 unspecified atom stereocenters. The van der Waals surface area contributed by atoms with Gasteiger partial charge < -0.3 is 15.5 Å². The molecule has 1 aromatic carbocycles. The van der Waals surface area contributed by atoms with Gasteiger partial charge in [0.2, 0.25) is 5.91 Å². The number of amides is 1. The monoisotopic (exact) mass is 329 g/mol. The van der Waals surface area contributed by atoms with Crippen molar-refractivity contribution in [2.45, 2.75) is 25.3 Å². The minimum atomic E-state index is -1.13. The Kier molecular flexibility index (Phi) is 6.52. The summed E-state index contributed by atoms with van der Waals surface area (Å²) < 4.78 is 0.939. The first kappa shape index (κ1) is 15.7. The number of carbonyl (C=O) groups excluding carboxylic acids is 1. The molecule has 0 aromatic heterocycles. The van der Waals surface area contributed by atoms with Gasteiger partial charge in [-0.15, -0.1) is 0 Å². The summed E-state index contributed by atoms with van der Waals surface area (Å²) in [5.41, 5.74) is 0.999. The predicted molar refractivity (Wildman–Crippen MR) is 73.7 cm³/mol. The van der Waals surface area contributed by atoms with Crippen molar-refractivity contribution < 1.29 is 19.8 Å². The standard InChI is InChI=1S/C13H16BrNO4/c14-10-3-1-2-9(8-10)4-5-12(17)15-11(6-7-16)13(18)19/h1-3,8,11,16H,4-7H2,(H,15,17)(H,18,19). The van der Waals surface area contributed by atoms with Crippen LogP contribution in [0.25, 0.3) is 0 Å². The van der Waals surface area contributed by atoms with Crippen molar-refractivity contribution in [2.24, 2.45) is 0 Å². The van der Waals surface area contributed by atoms with Crippen LogP contribution in [0.1, 0.15) is 18.4 Å². The number of carbonyl (C=O) groups is 2. The van der Waals surface area contributed by atoms with Crippen LogP contribution in [0.5, 0.6) is 0 Å². The van der Waals surface area contributed by atoms with Crippen LogP contribution in [0.2, 0.25) is 0 Å². The van der Waals surface area contributed by atoms with E-state index in [0.29, 0.717) is 6.42 Å². The number of halogens is 1. The lowest BCUT2D eigenvalue weighted by molar-refractivity contribution is -0.142. The predicted octanol–water partition coefficient (Wildman–Crippen LogP) is 1.33. The number of aliphatic carboxylic acids is 1. The zero-order valence-corrected chi connectivity index (χ0v) is 11.9. The molecule has 0 aliphatic carbocycles. The average molecular weight is 330 g/mol. The van der Waals surface area contributed by atoms with Crippen molar-refractivity contribution in [2.75, 3.05) is 6.61 Å². The van der Waals surface area contributed by atoms with E-state index in [2.05, 4.69) is 21.2 Å². The highest BCUT2D eigenvalue weighted by atomic mass is 79.9. The minimum absolute atomic E-state index is 0.0119. The molecule has 0 saturated carbocycles. The van der Waals surface area contributed by atoms with E-state index < -0.39 is 12.0 Å². The van der Waals surface area contributed by atoms with Gasteiger partial charge in [0.25, 0.3) is 0 Å². The first-order chi connectivity index (χ1) is 9.02. The van der Waals surface area contributed by atoms with E-state index >= 15 is 0 Å². The van der Waals surface area contributed by atoms with Gasteiger partial charge in [0.05, 0.1) is 0 Å². The Morgan fingerprint density at radius 2 is 2.11 bits per heavy atom.